The Labute approximate surface area is 85.1 Å². The molecule has 0 N–H and O–H groups in total. The maximum absolute atomic E-state index is 3.08. The summed E-state index contributed by atoms with van der Waals surface area (Å²) in [4.78, 5) is 0. The second-order valence-electron chi connectivity index (χ2n) is 1.51. The van der Waals surface area contributed by atoms with Gasteiger partial charge in [0.2, 0.25) is 0 Å². The second kappa shape index (κ2) is 12.2. The molecule has 0 saturated carbocycles. The summed E-state index contributed by atoms with van der Waals surface area (Å²) in [6.45, 7) is 6.11. The molecule has 0 fully saturated rings. The van der Waals surface area contributed by atoms with Gasteiger partial charge in [-0.1, -0.05) is 26.7 Å². The van der Waals surface area contributed by atoms with E-state index in [-0.39, 0.29) is 34.1 Å². The summed E-state index contributed by atoms with van der Waals surface area (Å²) in [5.41, 5.74) is 0. The summed E-state index contributed by atoms with van der Waals surface area (Å²) >= 11 is 0. The van der Waals surface area contributed by atoms with Crippen molar-refractivity contribution in [1.29, 1.82) is 0 Å². The Morgan fingerprint density at radius 1 is 1.30 bits per heavy atom. The Morgan fingerprint density at radius 2 is 1.80 bits per heavy atom. The van der Waals surface area contributed by atoms with E-state index >= 15 is 0 Å². The van der Waals surface area contributed by atoms with Crippen LogP contribution in [0.2, 0.25) is 0 Å². The summed E-state index contributed by atoms with van der Waals surface area (Å²) in [6, 6.07) is 0. The molecule has 58 valence electrons. The zero-order valence-corrected chi connectivity index (χ0v) is 9.10. The Bertz CT molecular complexity index is 85.4. The number of halogens is 1. The van der Waals surface area contributed by atoms with Crippen molar-refractivity contribution >= 4 is 12.4 Å². The molecule has 0 spiro atoms. The largest absolute Gasteiger partial charge is 0.270 e. The number of hydrogen-bond acceptors (Lipinski definition) is 0. The molecule has 0 aromatic rings. The Hall–Kier alpha value is 0.484. The van der Waals surface area contributed by atoms with Crippen molar-refractivity contribution in [3.63, 3.8) is 0 Å². The van der Waals surface area contributed by atoms with Gasteiger partial charge in [-0.25, -0.2) is 12.2 Å². The van der Waals surface area contributed by atoms with E-state index in [2.05, 4.69) is 19.1 Å². The summed E-state index contributed by atoms with van der Waals surface area (Å²) in [5.74, 6) is 0.560. The molecule has 0 nitrogen and oxygen atoms in total. The van der Waals surface area contributed by atoms with Gasteiger partial charge in [0, 0.05) is 21.7 Å². The summed E-state index contributed by atoms with van der Waals surface area (Å²) in [6.07, 6.45) is 9.16. The molecule has 1 unspecified atom stereocenters. The van der Waals surface area contributed by atoms with E-state index in [1.807, 2.05) is 26.0 Å². The third kappa shape index (κ3) is 8.48. The molecule has 10 heavy (non-hydrogen) atoms. The average molecular weight is 194 g/mol. The van der Waals surface area contributed by atoms with Gasteiger partial charge in [0.05, 0.1) is 0 Å². The van der Waals surface area contributed by atoms with Crippen LogP contribution < -0.4 is 0 Å². The molecule has 0 aromatic carbocycles. The van der Waals surface area contributed by atoms with Crippen LogP contribution in [0.3, 0.4) is 0 Å². The van der Waals surface area contributed by atoms with Crippen LogP contribution in [0, 0.1) is 12.0 Å². The van der Waals surface area contributed by atoms with Crippen LogP contribution in [0.5, 0.6) is 0 Å². The van der Waals surface area contributed by atoms with Crippen LogP contribution in [-0.2, 0) is 21.7 Å². The van der Waals surface area contributed by atoms with E-state index in [0.29, 0.717) is 5.92 Å². The molecule has 0 aromatic heterocycles. The zero-order chi connectivity index (χ0) is 6.41. The maximum atomic E-state index is 3.08. The normalized spacial score (nSPS) is 18.1. The summed E-state index contributed by atoms with van der Waals surface area (Å²) < 4.78 is 0. The van der Waals surface area contributed by atoms with Gasteiger partial charge in [-0.2, -0.15) is 6.08 Å². The fourth-order valence-corrected chi connectivity index (χ4v) is 0.485. The molecule has 0 saturated heterocycles. The third-order valence-corrected chi connectivity index (χ3v) is 0.855. The van der Waals surface area contributed by atoms with Crippen LogP contribution in [0.15, 0.2) is 18.2 Å². The first-order valence-corrected chi connectivity index (χ1v) is 3.15. The van der Waals surface area contributed by atoms with Gasteiger partial charge < -0.3 is 0 Å². The van der Waals surface area contributed by atoms with Crippen molar-refractivity contribution in [3.05, 3.63) is 24.3 Å². The molecule has 1 aliphatic rings. The Kier molecular flexibility index (Phi) is 20.5. The number of allylic oxidation sites excluding steroid dienone is 4. The number of rotatable bonds is 0. The fourth-order valence-electron chi connectivity index (χ4n) is 0.485. The minimum Gasteiger partial charge on any atom is -0.270 e. The summed E-state index contributed by atoms with van der Waals surface area (Å²) in [7, 11) is 0. The van der Waals surface area contributed by atoms with Gasteiger partial charge in [0.15, 0.2) is 0 Å². The molecular weight excluding hydrogens is 179 g/mol. The predicted octanol–water partition coefficient (Wildman–Crippen LogP) is 3.00. The van der Waals surface area contributed by atoms with Crippen LogP contribution in [0.25, 0.3) is 0 Å². The van der Waals surface area contributed by atoms with Gasteiger partial charge in [-0.3, -0.25) is 6.08 Å². The quantitative estimate of drug-likeness (QED) is 0.410. The summed E-state index contributed by atoms with van der Waals surface area (Å²) in [5, 5.41) is 0. The predicted molar refractivity (Wildman–Crippen MR) is 44.7 cm³/mol. The van der Waals surface area contributed by atoms with Crippen molar-refractivity contribution in [3.8, 4) is 0 Å². The smallest absolute Gasteiger partial charge is 0 e. The molecule has 1 aliphatic carbocycles. The van der Waals surface area contributed by atoms with Crippen LogP contribution in [0.1, 0.15) is 20.8 Å². The van der Waals surface area contributed by atoms with Crippen LogP contribution in [0.4, 0.5) is 0 Å². The molecule has 0 radical (unpaired) electrons. The molecule has 2 heteroatoms. The van der Waals surface area contributed by atoms with Crippen molar-refractivity contribution in [1.82, 2.24) is 0 Å². The van der Waals surface area contributed by atoms with Crippen molar-refractivity contribution in [2.24, 2.45) is 5.92 Å². The molecule has 1 rings (SSSR count). The van der Waals surface area contributed by atoms with Crippen LogP contribution in [-0.4, -0.2) is 0 Å². The minimum atomic E-state index is 0. The van der Waals surface area contributed by atoms with Gasteiger partial charge in [-0.05, 0) is 0 Å². The molecule has 1 atom stereocenters. The molecule has 0 amide bonds. The van der Waals surface area contributed by atoms with E-state index in [4.69, 9.17) is 0 Å². The van der Waals surface area contributed by atoms with Gasteiger partial charge in [0.25, 0.3) is 0 Å². The molecular formula is C8H14ClTi-. The Morgan fingerprint density at radius 3 is 1.90 bits per heavy atom. The average Bonchev–Trinajstić information content (AvgIpc) is 2.24. The number of hydrogen-bond donors (Lipinski definition) is 0. The topological polar surface area (TPSA) is 0 Å². The van der Waals surface area contributed by atoms with E-state index in [0.717, 1.165) is 0 Å². The van der Waals surface area contributed by atoms with Crippen molar-refractivity contribution < 1.29 is 21.7 Å². The third-order valence-electron chi connectivity index (χ3n) is 0.855. The first-order valence-electron chi connectivity index (χ1n) is 3.15. The molecule has 0 heterocycles. The zero-order valence-electron chi connectivity index (χ0n) is 6.72. The molecule has 0 bridgehead atoms. The second-order valence-corrected chi connectivity index (χ2v) is 1.51. The van der Waals surface area contributed by atoms with Gasteiger partial charge in [0.1, 0.15) is 0 Å². The van der Waals surface area contributed by atoms with E-state index in [1.165, 1.54) is 0 Å². The van der Waals surface area contributed by atoms with Gasteiger partial charge >= 0.3 is 0 Å². The Balaban J connectivity index is -0.000000114. The van der Waals surface area contributed by atoms with E-state index < -0.39 is 0 Å². The first-order chi connectivity index (χ1) is 3.89. The SMILES string of the molecule is CC.CC1[C-]=CC=C1.Cl.[Ti]. The minimum absolute atomic E-state index is 0. The molecule has 0 aliphatic heterocycles. The maximum Gasteiger partial charge on any atom is 0 e. The van der Waals surface area contributed by atoms with E-state index in [9.17, 15) is 0 Å². The van der Waals surface area contributed by atoms with Crippen LogP contribution >= 0.6 is 12.4 Å². The van der Waals surface area contributed by atoms with Crippen molar-refractivity contribution in [2.75, 3.05) is 0 Å². The monoisotopic (exact) mass is 193 g/mol. The standard InChI is InChI=1S/C6H7.C2H6.ClH.Ti/c1-6-4-2-3-5-6;1-2;;/h2-4,6H,1H3;1-2H3;1H;/q-1;;;. The van der Waals surface area contributed by atoms with Gasteiger partial charge in [-0.15, -0.1) is 12.4 Å². The van der Waals surface area contributed by atoms with E-state index in [1.54, 1.807) is 0 Å². The van der Waals surface area contributed by atoms with Crippen molar-refractivity contribution in [2.45, 2.75) is 20.8 Å². The fraction of sp³-hybridized carbons (Fsp3) is 0.500. The first kappa shape index (κ1) is 16.8.